The Hall–Kier alpha value is -0.640. The molecule has 3 rings (SSSR count). The van der Waals surface area contributed by atoms with E-state index < -0.39 is 10.0 Å². The third kappa shape index (κ3) is 4.18. The Kier molecular flexibility index (Phi) is 4.53. The van der Waals surface area contributed by atoms with Gasteiger partial charge in [-0.15, -0.1) is 11.3 Å². The second kappa shape index (κ2) is 6.23. The molecule has 21 heavy (non-hydrogen) atoms. The Bertz CT molecular complexity index is 722. The minimum Gasteiger partial charge on any atom is -0.309 e. The predicted octanol–water partition coefficient (Wildman–Crippen LogP) is 3.41. The van der Waals surface area contributed by atoms with Gasteiger partial charge in [0.1, 0.15) is 0 Å². The second-order valence-electron chi connectivity index (χ2n) is 5.02. The molecule has 1 heterocycles. The Morgan fingerprint density at radius 2 is 1.95 bits per heavy atom. The van der Waals surface area contributed by atoms with Crippen molar-refractivity contribution in [1.29, 1.82) is 0 Å². The van der Waals surface area contributed by atoms with Crippen LogP contribution in [-0.2, 0) is 16.6 Å². The number of rotatable bonds is 6. The fourth-order valence-electron chi connectivity index (χ4n) is 1.86. The summed E-state index contributed by atoms with van der Waals surface area (Å²) in [7, 11) is -3.50. The molecule has 0 amide bonds. The molecule has 1 saturated carbocycles. The van der Waals surface area contributed by atoms with Gasteiger partial charge in [0, 0.05) is 32.1 Å². The molecule has 0 bridgehead atoms. The fourth-order valence-corrected chi connectivity index (χ4v) is 4.50. The van der Waals surface area contributed by atoms with Gasteiger partial charge in [-0.2, -0.15) is 0 Å². The van der Waals surface area contributed by atoms with E-state index in [4.69, 9.17) is 0 Å². The highest BCUT2D eigenvalue weighted by atomic mass is 127. The molecule has 4 nitrogen and oxygen atoms in total. The zero-order valence-corrected chi connectivity index (χ0v) is 15.0. The summed E-state index contributed by atoms with van der Waals surface area (Å²) in [5, 5.41) is 5.08. The lowest BCUT2D eigenvalue weighted by Crippen LogP contribution is -2.14. The highest BCUT2D eigenvalue weighted by Crippen LogP contribution is 2.24. The van der Waals surface area contributed by atoms with Gasteiger partial charge in [0.25, 0.3) is 10.0 Å². The zero-order valence-electron chi connectivity index (χ0n) is 11.2. The smallest absolute Gasteiger partial charge is 0.262 e. The van der Waals surface area contributed by atoms with Crippen LogP contribution >= 0.6 is 33.9 Å². The molecule has 112 valence electrons. The maximum absolute atomic E-state index is 12.3. The van der Waals surface area contributed by atoms with Crippen LogP contribution in [0.4, 0.5) is 5.69 Å². The lowest BCUT2D eigenvalue weighted by Gasteiger charge is -2.06. The molecular formula is C14H15IN2O2S2. The first kappa shape index (κ1) is 15.3. The van der Waals surface area contributed by atoms with Crippen LogP contribution in [0.3, 0.4) is 0 Å². The first-order valence-corrected chi connectivity index (χ1v) is 10.1. The third-order valence-electron chi connectivity index (χ3n) is 3.18. The number of sulfonamides is 1. The topological polar surface area (TPSA) is 58.2 Å². The molecule has 1 fully saturated rings. The zero-order chi connectivity index (χ0) is 14.9. The normalized spacial score (nSPS) is 15.1. The second-order valence-corrected chi connectivity index (χ2v) is 8.94. The van der Waals surface area contributed by atoms with Gasteiger partial charge < -0.3 is 5.32 Å². The molecule has 7 heteroatoms. The third-order valence-corrected chi connectivity index (χ3v) is 6.34. The molecule has 1 aliphatic rings. The summed E-state index contributed by atoms with van der Waals surface area (Å²) in [6.07, 6.45) is 2.45. The summed E-state index contributed by atoms with van der Waals surface area (Å²) >= 11 is 3.66. The highest BCUT2D eigenvalue weighted by molar-refractivity contribution is 14.1. The SMILES string of the molecule is O=S(=O)(Nc1ccc(I)cc1)c1csc(CNC2CC2)c1. The van der Waals surface area contributed by atoms with Crippen LogP contribution in [-0.4, -0.2) is 14.5 Å². The van der Waals surface area contributed by atoms with Gasteiger partial charge >= 0.3 is 0 Å². The molecule has 0 unspecified atom stereocenters. The van der Waals surface area contributed by atoms with Crippen molar-refractivity contribution in [1.82, 2.24) is 5.32 Å². The van der Waals surface area contributed by atoms with E-state index in [0.29, 0.717) is 16.6 Å². The summed E-state index contributed by atoms with van der Waals surface area (Å²) in [5.41, 5.74) is 0.583. The fraction of sp³-hybridized carbons (Fsp3) is 0.286. The van der Waals surface area contributed by atoms with Gasteiger partial charge in [-0.3, -0.25) is 4.72 Å². The van der Waals surface area contributed by atoms with Crippen molar-refractivity contribution in [3.05, 3.63) is 44.2 Å². The van der Waals surface area contributed by atoms with E-state index in [-0.39, 0.29) is 0 Å². The van der Waals surface area contributed by atoms with E-state index in [1.165, 1.54) is 24.2 Å². The van der Waals surface area contributed by atoms with Crippen molar-refractivity contribution in [3.8, 4) is 0 Å². The lowest BCUT2D eigenvalue weighted by molar-refractivity contribution is 0.601. The summed E-state index contributed by atoms with van der Waals surface area (Å²) in [5.74, 6) is 0. The van der Waals surface area contributed by atoms with E-state index in [9.17, 15) is 8.42 Å². The average molecular weight is 434 g/mol. The van der Waals surface area contributed by atoms with Crippen molar-refractivity contribution in [2.24, 2.45) is 0 Å². The monoisotopic (exact) mass is 434 g/mol. The maximum atomic E-state index is 12.3. The molecule has 0 atom stereocenters. The summed E-state index contributed by atoms with van der Waals surface area (Å²) in [6.45, 7) is 0.744. The van der Waals surface area contributed by atoms with Crippen LogP contribution in [0.1, 0.15) is 17.7 Å². The summed E-state index contributed by atoms with van der Waals surface area (Å²) in [6, 6.07) is 9.64. The minimum absolute atomic E-state index is 0.332. The molecule has 2 aromatic rings. The number of halogens is 1. The standard InChI is InChI=1S/C14H15IN2O2S2/c15-10-1-3-12(4-2-10)17-21(18,19)14-7-13(20-9-14)8-16-11-5-6-11/h1-4,7,9,11,16-17H,5-6,8H2. The molecule has 0 spiro atoms. The quantitative estimate of drug-likeness (QED) is 0.686. The molecule has 1 aliphatic carbocycles. The maximum Gasteiger partial charge on any atom is 0.262 e. The van der Waals surface area contributed by atoms with E-state index in [1.54, 1.807) is 23.6 Å². The lowest BCUT2D eigenvalue weighted by atomic mass is 10.3. The van der Waals surface area contributed by atoms with Gasteiger partial charge in [-0.05, 0) is 65.8 Å². The number of hydrogen-bond donors (Lipinski definition) is 2. The Labute approximate surface area is 142 Å². The van der Waals surface area contributed by atoms with Crippen LogP contribution in [0.25, 0.3) is 0 Å². The molecule has 1 aromatic heterocycles. The average Bonchev–Trinajstić information content (AvgIpc) is 3.15. The van der Waals surface area contributed by atoms with Crippen LogP contribution in [0.2, 0.25) is 0 Å². The Morgan fingerprint density at radius 1 is 1.24 bits per heavy atom. The van der Waals surface area contributed by atoms with Gasteiger partial charge in [0.2, 0.25) is 0 Å². The number of hydrogen-bond acceptors (Lipinski definition) is 4. The van der Waals surface area contributed by atoms with Gasteiger partial charge in [-0.1, -0.05) is 0 Å². The van der Waals surface area contributed by atoms with Gasteiger partial charge in [-0.25, -0.2) is 8.42 Å². The van der Waals surface area contributed by atoms with E-state index >= 15 is 0 Å². The van der Waals surface area contributed by atoms with Gasteiger partial charge in [0.05, 0.1) is 4.90 Å². The van der Waals surface area contributed by atoms with Crippen molar-refractivity contribution in [2.45, 2.75) is 30.3 Å². The van der Waals surface area contributed by atoms with Crippen LogP contribution in [0, 0.1) is 3.57 Å². The largest absolute Gasteiger partial charge is 0.309 e. The molecule has 2 N–H and O–H groups in total. The highest BCUT2D eigenvalue weighted by Gasteiger charge is 2.21. The molecule has 0 saturated heterocycles. The van der Waals surface area contributed by atoms with Gasteiger partial charge in [0.15, 0.2) is 0 Å². The predicted molar refractivity (Wildman–Crippen MR) is 94.1 cm³/mol. The summed E-state index contributed by atoms with van der Waals surface area (Å²) in [4.78, 5) is 1.38. The van der Waals surface area contributed by atoms with E-state index in [2.05, 4.69) is 32.6 Å². The number of anilines is 1. The van der Waals surface area contributed by atoms with Crippen LogP contribution < -0.4 is 10.0 Å². The Balaban J connectivity index is 1.69. The van der Waals surface area contributed by atoms with E-state index in [1.807, 2.05) is 12.1 Å². The van der Waals surface area contributed by atoms with Crippen molar-refractivity contribution < 1.29 is 8.42 Å². The van der Waals surface area contributed by atoms with Crippen molar-refractivity contribution in [2.75, 3.05) is 4.72 Å². The number of thiophene rings is 1. The number of nitrogens with one attached hydrogen (secondary N) is 2. The summed E-state index contributed by atoms with van der Waals surface area (Å²) < 4.78 is 28.3. The van der Waals surface area contributed by atoms with Crippen LogP contribution in [0.15, 0.2) is 40.6 Å². The van der Waals surface area contributed by atoms with Crippen molar-refractivity contribution in [3.63, 3.8) is 0 Å². The molecule has 0 aliphatic heterocycles. The molecule has 0 radical (unpaired) electrons. The van der Waals surface area contributed by atoms with Crippen LogP contribution in [0.5, 0.6) is 0 Å². The molecule has 1 aromatic carbocycles. The molecular weight excluding hydrogens is 419 g/mol. The Morgan fingerprint density at radius 3 is 2.62 bits per heavy atom. The first-order valence-electron chi connectivity index (χ1n) is 6.62. The minimum atomic E-state index is -3.50. The first-order chi connectivity index (χ1) is 10.0. The number of benzene rings is 1. The van der Waals surface area contributed by atoms with E-state index in [0.717, 1.165) is 15.0 Å². The van der Waals surface area contributed by atoms with Crippen molar-refractivity contribution >= 4 is 49.6 Å².